The predicted octanol–water partition coefficient (Wildman–Crippen LogP) is 7.55. The molecule has 1 atom stereocenters. The van der Waals surface area contributed by atoms with Gasteiger partial charge in [0.15, 0.2) is 0 Å². The van der Waals surface area contributed by atoms with E-state index in [4.69, 9.17) is 14.7 Å². The highest BCUT2D eigenvalue weighted by molar-refractivity contribution is 7.30. The molecule has 0 saturated heterocycles. The number of aromatic amines is 2. The molecule has 0 saturated carbocycles. The Morgan fingerprint density at radius 2 is 1.50 bits per heavy atom. The number of hydrogen-bond donors (Lipinski definition) is 4. The highest BCUT2D eigenvalue weighted by atomic mass is 31.1. The molecule has 0 aliphatic heterocycles. The van der Waals surface area contributed by atoms with Gasteiger partial charge in [0.1, 0.15) is 0 Å². The first-order chi connectivity index (χ1) is 21.4. The first-order valence-electron chi connectivity index (χ1n) is 12.8. The third-order valence-electron chi connectivity index (χ3n) is 5.75. The summed E-state index contributed by atoms with van der Waals surface area (Å²) in [4.78, 5) is 45.2. The van der Waals surface area contributed by atoms with Crippen molar-refractivity contribution in [1.29, 1.82) is 0 Å². The summed E-state index contributed by atoms with van der Waals surface area (Å²) in [5.74, 6) is 0. The van der Waals surface area contributed by atoms with E-state index >= 15 is 0 Å². The van der Waals surface area contributed by atoms with Gasteiger partial charge >= 0.3 is 8.25 Å². The van der Waals surface area contributed by atoms with Crippen LogP contribution in [0.15, 0.2) is 78.2 Å². The van der Waals surface area contributed by atoms with E-state index in [1.807, 2.05) is 33.0 Å². The predicted molar refractivity (Wildman–Crippen MR) is 175 cm³/mol. The Labute approximate surface area is 264 Å². The Morgan fingerprint density at radius 1 is 0.913 bits per heavy atom. The van der Waals surface area contributed by atoms with Gasteiger partial charge in [-0.25, -0.2) is 5.26 Å². The topological polar surface area (TPSA) is 255 Å². The Balaban J connectivity index is 0.000000618. The molecule has 18 heteroatoms. The Bertz CT molecular complexity index is 1830. The van der Waals surface area contributed by atoms with Gasteiger partial charge in [-0.3, -0.25) is 35.8 Å². The zero-order valence-electron chi connectivity index (χ0n) is 24.1. The van der Waals surface area contributed by atoms with Crippen LogP contribution in [0.5, 0.6) is 0 Å². The van der Waals surface area contributed by atoms with Gasteiger partial charge in [-0.05, 0) is 54.2 Å². The van der Waals surface area contributed by atoms with Gasteiger partial charge < -0.3 is 14.9 Å². The van der Waals surface area contributed by atoms with Gasteiger partial charge in [-0.15, -0.1) is 0 Å². The maximum atomic E-state index is 10.7. The molecule has 17 nitrogen and oxygen atoms in total. The lowest BCUT2D eigenvalue weighted by atomic mass is 10.1. The summed E-state index contributed by atoms with van der Waals surface area (Å²) in [5, 5.41) is 44.2. The van der Waals surface area contributed by atoms with Gasteiger partial charge in [-0.1, -0.05) is 26.5 Å². The summed E-state index contributed by atoms with van der Waals surface area (Å²) in [6, 6.07) is 16.1. The third-order valence-corrected chi connectivity index (χ3v) is 5.89. The van der Waals surface area contributed by atoms with Crippen LogP contribution in [0.1, 0.15) is 33.3 Å². The van der Waals surface area contributed by atoms with E-state index in [1.165, 1.54) is 24.3 Å². The molecule has 4 N–H and O–H groups in total. The number of nitrogens with zero attached hydrogens (tertiary/aromatic N) is 4. The number of hydrazone groups is 1. The second-order valence-corrected chi connectivity index (χ2v) is 9.44. The smallest absolute Gasteiger partial charge is 0.521 e. The monoisotopic (exact) mass is 659 g/mol. The van der Waals surface area contributed by atoms with Gasteiger partial charge in [0, 0.05) is 60.4 Å². The van der Waals surface area contributed by atoms with Crippen molar-refractivity contribution in [2.24, 2.45) is 5.10 Å². The summed E-state index contributed by atoms with van der Waals surface area (Å²) in [6.07, 6.45) is 6.13. The summed E-state index contributed by atoms with van der Waals surface area (Å²) in [5.41, 5.74) is 7.29. The van der Waals surface area contributed by atoms with E-state index in [-0.39, 0.29) is 30.8 Å². The van der Waals surface area contributed by atoms with Crippen molar-refractivity contribution in [3.05, 3.63) is 115 Å². The third kappa shape index (κ3) is 11.5. The van der Waals surface area contributed by atoms with E-state index in [0.29, 0.717) is 11.1 Å². The minimum atomic E-state index is -3.04. The first kappa shape index (κ1) is 38.4. The zero-order chi connectivity index (χ0) is 33.5. The van der Waals surface area contributed by atoms with Crippen LogP contribution in [0.2, 0.25) is 0 Å². The van der Waals surface area contributed by atoms with Crippen LogP contribution in [-0.4, -0.2) is 36.2 Å². The van der Waals surface area contributed by atoms with Crippen LogP contribution in [0, 0.1) is 44.2 Å². The number of aryl methyl sites for hydroxylation is 2. The van der Waals surface area contributed by atoms with Crippen LogP contribution in [0.3, 0.4) is 0 Å². The molecule has 0 aliphatic rings. The van der Waals surface area contributed by atoms with Crippen molar-refractivity contribution < 1.29 is 35.6 Å². The van der Waals surface area contributed by atoms with E-state index in [9.17, 15) is 30.3 Å². The zero-order valence-corrected chi connectivity index (χ0v) is 25.0. The number of benzene rings is 3. The number of nitrogens with one attached hydrogen (secondary N) is 3. The SMILES string of the molecule is C.CC/C=N/Nc1cccc([N+](=O)[O-])c1.Cc1c[nH]c2cc([N+](=O)[O-])ccc12.Cc1c[nH]c2cccc([N+](=O)[O-])c12.O=[P+]([O-])OO.[HH]. The molecule has 0 fully saturated rings. The molecule has 1 unspecified atom stereocenters. The summed E-state index contributed by atoms with van der Waals surface area (Å²) >= 11 is 0. The fourth-order valence-corrected chi connectivity index (χ4v) is 3.76. The second-order valence-electron chi connectivity index (χ2n) is 8.83. The molecule has 5 aromatic rings. The Hall–Kier alpha value is -5.61. The summed E-state index contributed by atoms with van der Waals surface area (Å²) in [6.45, 7) is 5.77. The molecule has 246 valence electrons. The number of H-pyrrole nitrogens is 2. The fourth-order valence-electron chi connectivity index (χ4n) is 3.76. The highest BCUT2D eigenvalue weighted by Crippen LogP contribution is 2.27. The Kier molecular flexibility index (Phi) is 15.8. The second kappa shape index (κ2) is 18.9. The lowest BCUT2D eigenvalue weighted by molar-refractivity contribution is -0.384. The number of rotatable bonds is 7. The molecular weight excluding hydrogens is 625 g/mol. The maximum Gasteiger partial charge on any atom is 0.521 e. The number of nitro benzene ring substituents is 3. The molecule has 0 aliphatic carbocycles. The number of nitro groups is 3. The van der Waals surface area contributed by atoms with Crippen molar-refractivity contribution in [2.75, 3.05) is 5.43 Å². The van der Waals surface area contributed by atoms with E-state index in [2.05, 4.69) is 25.2 Å². The average molecular weight is 660 g/mol. The van der Waals surface area contributed by atoms with E-state index in [1.54, 1.807) is 42.7 Å². The van der Waals surface area contributed by atoms with Crippen molar-refractivity contribution in [1.82, 2.24) is 9.97 Å². The molecule has 0 amide bonds. The normalized spacial score (nSPS) is 10.3. The quantitative estimate of drug-likeness (QED) is 0.0436. The van der Waals surface area contributed by atoms with E-state index in [0.717, 1.165) is 34.0 Å². The largest absolute Gasteiger partial charge is 0.565 e. The van der Waals surface area contributed by atoms with Crippen molar-refractivity contribution in [2.45, 2.75) is 34.6 Å². The molecule has 46 heavy (non-hydrogen) atoms. The van der Waals surface area contributed by atoms with E-state index < -0.39 is 18.1 Å². The number of anilines is 1. The summed E-state index contributed by atoms with van der Waals surface area (Å²) in [7, 11) is -3.04. The molecule has 0 bridgehead atoms. The van der Waals surface area contributed by atoms with Crippen molar-refractivity contribution in [3.63, 3.8) is 0 Å². The highest BCUT2D eigenvalue weighted by Gasteiger charge is 2.13. The lowest BCUT2D eigenvalue weighted by Crippen LogP contribution is -1.91. The van der Waals surface area contributed by atoms with Gasteiger partial charge in [0.2, 0.25) is 0 Å². The van der Waals surface area contributed by atoms with Crippen LogP contribution < -0.4 is 10.3 Å². The van der Waals surface area contributed by atoms with Gasteiger partial charge in [0.25, 0.3) is 17.1 Å². The van der Waals surface area contributed by atoms with Gasteiger partial charge in [0.05, 0.1) is 36.9 Å². The molecule has 0 radical (unpaired) electrons. The molecule has 0 spiro atoms. The molecular formula is C28H34N7O10P. The maximum absolute atomic E-state index is 10.7. The van der Waals surface area contributed by atoms with Crippen molar-refractivity contribution >= 4 is 59.0 Å². The van der Waals surface area contributed by atoms with Crippen LogP contribution in [0.4, 0.5) is 22.7 Å². The fraction of sp³-hybridized carbons (Fsp3) is 0.179. The minimum absolute atomic E-state index is 0. The number of aromatic nitrogens is 2. The van der Waals surface area contributed by atoms with Crippen LogP contribution in [0.25, 0.3) is 21.8 Å². The number of hydrogen-bond acceptors (Lipinski definition) is 12. The molecule has 5 rings (SSSR count). The van der Waals surface area contributed by atoms with Crippen molar-refractivity contribution in [3.8, 4) is 0 Å². The number of fused-ring (bicyclic) bond motifs is 2. The lowest BCUT2D eigenvalue weighted by Gasteiger charge is -1.98. The Morgan fingerprint density at radius 3 is 2.09 bits per heavy atom. The van der Waals surface area contributed by atoms with Gasteiger partial charge in [-0.2, -0.15) is 5.10 Å². The minimum Gasteiger partial charge on any atom is -0.565 e. The number of non-ortho nitro benzene ring substituents is 3. The average Bonchev–Trinajstić information content (AvgIpc) is 3.60. The molecule has 3 aromatic carbocycles. The standard InChI is InChI=1S/C9H11N3O2.2C9H8N2O2.CH4.HO4P.H2/c1-2-6-10-11-8-4-3-5-9(7-8)12(13)14;1-6-5-10-9-4-7(11(12)13)2-3-8(6)9;1-6-5-10-7-3-2-4-8(9(6)7)11(12)13;;1-4-5(2)3;/h3-7,11H,2H2,1H3;2*2-5,10H,1H3;1H4;1H;1H/b10-6+;;;;;. The first-order valence-corrected chi connectivity index (χ1v) is 13.9. The summed E-state index contributed by atoms with van der Waals surface area (Å²) < 4.78 is 11.6. The van der Waals surface area contributed by atoms with Crippen LogP contribution in [-0.2, 0) is 9.24 Å². The molecule has 2 heterocycles. The van der Waals surface area contributed by atoms with Crippen LogP contribution >= 0.6 is 8.25 Å². The molecule has 2 aromatic heterocycles.